The third-order valence-electron chi connectivity index (χ3n) is 2.62. The van der Waals surface area contributed by atoms with Crippen molar-refractivity contribution >= 4 is 5.71 Å². The zero-order valence-corrected chi connectivity index (χ0v) is 8.48. The molecular weight excluding hydrogens is 162 g/mol. The molecule has 13 heavy (non-hydrogen) atoms. The minimum atomic E-state index is 0.274. The standard InChI is InChI=1S/C10H19N3/c1-3-9(12)8-5-4-7(11)6-10(8)13-2/h7,12-13H,3-6,11H2,1-2H3. The molecule has 3 nitrogen and oxygen atoms in total. The SMILES string of the molecule is CCC(=N)C1=C(NC)CC(N)CC1. The fraction of sp³-hybridized carbons (Fsp3) is 0.700. The quantitative estimate of drug-likeness (QED) is 0.576. The number of hydrogen-bond donors (Lipinski definition) is 3. The molecule has 0 spiro atoms. The number of hydrogen-bond acceptors (Lipinski definition) is 3. The first-order valence-electron chi connectivity index (χ1n) is 4.92. The molecule has 0 aromatic heterocycles. The zero-order chi connectivity index (χ0) is 9.84. The predicted molar refractivity (Wildman–Crippen MR) is 55.9 cm³/mol. The lowest BCUT2D eigenvalue weighted by Gasteiger charge is -2.24. The monoisotopic (exact) mass is 181 g/mol. The van der Waals surface area contributed by atoms with Crippen LogP contribution in [-0.2, 0) is 0 Å². The number of rotatable bonds is 3. The molecule has 1 aliphatic carbocycles. The van der Waals surface area contributed by atoms with Gasteiger partial charge in [-0.1, -0.05) is 6.92 Å². The van der Waals surface area contributed by atoms with Gasteiger partial charge in [-0.25, -0.2) is 0 Å². The molecule has 0 aromatic carbocycles. The first kappa shape index (κ1) is 10.3. The van der Waals surface area contributed by atoms with E-state index in [0.29, 0.717) is 0 Å². The Hall–Kier alpha value is -0.830. The van der Waals surface area contributed by atoms with Gasteiger partial charge in [-0.05, 0) is 24.8 Å². The summed E-state index contributed by atoms with van der Waals surface area (Å²) < 4.78 is 0. The third kappa shape index (κ3) is 2.31. The maximum Gasteiger partial charge on any atom is 0.0360 e. The molecule has 0 heterocycles. The van der Waals surface area contributed by atoms with Crippen molar-refractivity contribution in [2.45, 2.75) is 38.6 Å². The fourth-order valence-electron chi connectivity index (χ4n) is 1.77. The van der Waals surface area contributed by atoms with Crippen molar-refractivity contribution in [3.8, 4) is 0 Å². The molecule has 0 saturated carbocycles. The summed E-state index contributed by atoms with van der Waals surface area (Å²) in [6.07, 6.45) is 3.69. The van der Waals surface area contributed by atoms with E-state index in [0.717, 1.165) is 31.4 Å². The van der Waals surface area contributed by atoms with Crippen molar-refractivity contribution in [3.63, 3.8) is 0 Å². The van der Waals surface area contributed by atoms with E-state index in [1.807, 2.05) is 14.0 Å². The van der Waals surface area contributed by atoms with E-state index in [9.17, 15) is 0 Å². The van der Waals surface area contributed by atoms with Gasteiger partial charge in [-0.3, -0.25) is 0 Å². The maximum atomic E-state index is 7.79. The molecule has 3 heteroatoms. The third-order valence-corrected chi connectivity index (χ3v) is 2.62. The van der Waals surface area contributed by atoms with E-state index in [-0.39, 0.29) is 6.04 Å². The first-order valence-corrected chi connectivity index (χ1v) is 4.92. The van der Waals surface area contributed by atoms with Crippen molar-refractivity contribution < 1.29 is 0 Å². The van der Waals surface area contributed by atoms with Crippen molar-refractivity contribution in [2.75, 3.05) is 7.05 Å². The number of allylic oxidation sites excluding steroid dienone is 1. The van der Waals surface area contributed by atoms with Crippen molar-refractivity contribution in [3.05, 3.63) is 11.3 Å². The summed E-state index contributed by atoms with van der Waals surface area (Å²) in [5.41, 5.74) is 8.98. The molecule has 0 amide bonds. The van der Waals surface area contributed by atoms with Crippen LogP contribution in [0.5, 0.6) is 0 Å². The molecule has 0 radical (unpaired) electrons. The molecule has 1 unspecified atom stereocenters. The molecule has 0 aromatic rings. The van der Waals surface area contributed by atoms with E-state index < -0.39 is 0 Å². The molecule has 0 saturated heterocycles. The molecular formula is C10H19N3. The molecule has 0 bridgehead atoms. The van der Waals surface area contributed by atoms with Crippen LogP contribution in [0.4, 0.5) is 0 Å². The second-order valence-corrected chi connectivity index (χ2v) is 3.54. The minimum Gasteiger partial charge on any atom is -0.391 e. The van der Waals surface area contributed by atoms with Crippen molar-refractivity contribution in [1.29, 1.82) is 5.41 Å². The van der Waals surface area contributed by atoms with E-state index in [1.165, 1.54) is 11.3 Å². The Balaban J connectivity index is 2.82. The van der Waals surface area contributed by atoms with E-state index in [2.05, 4.69) is 5.32 Å². The Kier molecular flexibility index (Phi) is 3.48. The van der Waals surface area contributed by atoms with E-state index in [1.54, 1.807) is 0 Å². The molecule has 0 aliphatic heterocycles. The van der Waals surface area contributed by atoms with Gasteiger partial charge in [0.05, 0.1) is 0 Å². The summed E-state index contributed by atoms with van der Waals surface area (Å²) in [4.78, 5) is 0. The second-order valence-electron chi connectivity index (χ2n) is 3.54. The van der Waals surface area contributed by atoms with Crippen LogP contribution < -0.4 is 11.1 Å². The summed E-state index contributed by atoms with van der Waals surface area (Å²) in [5.74, 6) is 0. The van der Waals surface area contributed by atoms with Gasteiger partial charge in [0, 0.05) is 30.9 Å². The largest absolute Gasteiger partial charge is 0.391 e. The lowest BCUT2D eigenvalue weighted by atomic mass is 9.89. The highest BCUT2D eigenvalue weighted by Gasteiger charge is 2.19. The summed E-state index contributed by atoms with van der Waals surface area (Å²) in [6, 6.07) is 0.274. The Morgan fingerprint density at radius 2 is 2.38 bits per heavy atom. The lowest BCUT2D eigenvalue weighted by molar-refractivity contribution is 0.557. The Morgan fingerprint density at radius 1 is 1.69 bits per heavy atom. The van der Waals surface area contributed by atoms with Gasteiger partial charge >= 0.3 is 0 Å². The average Bonchev–Trinajstić information content (AvgIpc) is 2.16. The Morgan fingerprint density at radius 3 is 2.92 bits per heavy atom. The molecule has 4 N–H and O–H groups in total. The van der Waals surface area contributed by atoms with Crippen molar-refractivity contribution in [1.82, 2.24) is 5.32 Å². The maximum absolute atomic E-state index is 7.79. The molecule has 1 rings (SSSR count). The Labute approximate surface area is 79.9 Å². The van der Waals surface area contributed by atoms with Gasteiger partial charge < -0.3 is 16.5 Å². The first-order chi connectivity index (χ1) is 6.19. The van der Waals surface area contributed by atoms with Gasteiger partial charge in [0.25, 0.3) is 0 Å². The van der Waals surface area contributed by atoms with E-state index >= 15 is 0 Å². The van der Waals surface area contributed by atoms with Crippen LogP contribution >= 0.6 is 0 Å². The fourth-order valence-corrected chi connectivity index (χ4v) is 1.77. The molecule has 0 fully saturated rings. The van der Waals surface area contributed by atoms with Gasteiger partial charge in [-0.15, -0.1) is 0 Å². The van der Waals surface area contributed by atoms with Gasteiger partial charge in [-0.2, -0.15) is 0 Å². The number of nitrogens with two attached hydrogens (primary N) is 1. The summed E-state index contributed by atoms with van der Waals surface area (Å²) in [5, 5.41) is 11.0. The normalized spacial score (nSPS) is 23.2. The van der Waals surface area contributed by atoms with Crippen LogP contribution in [0.15, 0.2) is 11.3 Å². The second kappa shape index (κ2) is 4.42. The summed E-state index contributed by atoms with van der Waals surface area (Å²) in [6.45, 7) is 2.02. The highest BCUT2D eigenvalue weighted by molar-refractivity contribution is 5.98. The zero-order valence-electron chi connectivity index (χ0n) is 8.48. The molecule has 74 valence electrons. The van der Waals surface area contributed by atoms with E-state index in [4.69, 9.17) is 11.1 Å². The van der Waals surface area contributed by atoms with Gasteiger partial charge in [0.2, 0.25) is 0 Å². The van der Waals surface area contributed by atoms with Crippen LogP contribution in [0, 0.1) is 5.41 Å². The number of nitrogens with one attached hydrogen (secondary N) is 2. The molecule has 1 atom stereocenters. The predicted octanol–water partition coefficient (Wildman–Crippen LogP) is 1.40. The topological polar surface area (TPSA) is 61.9 Å². The highest BCUT2D eigenvalue weighted by atomic mass is 14.9. The minimum absolute atomic E-state index is 0.274. The van der Waals surface area contributed by atoms with Crippen LogP contribution in [0.2, 0.25) is 0 Å². The summed E-state index contributed by atoms with van der Waals surface area (Å²) in [7, 11) is 1.91. The molecule has 1 aliphatic rings. The van der Waals surface area contributed by atoms with Crippen LogP contribution in [0.25, 0.3) is 0 Å². The summed E-state index contributed by atoms with van der Waals surface area (Å²) >= 11 is 0. The average molecular weight is 181 g/mol. The van der Waals surface area contributed by atoms with Gasteiger partial charge in [0.15, 0.2) is 0 Å². The van der Waals surface area contributed by atoms with Crippen LogP contribution in [-0.4, -0.2) is 18.8 Å². The smallest absolute Gasteiger partial charge is 0.0360 e. The van der Waals surface area contributed by atoms with Crippen LogP contribution in [0.3, 0.4) is 0 Å². The van der Waals surface area contributed by atoms with Crippen molar-refractivity contribution in [2.24, 2.45) is 5.73 Å². The van der Waals surface area contributed by atoms with Gasteiger partial charge in [0.1, 0.15) is 0 Å². The Bertz CT molecular complexity index is 230. The lowest BCUT2D eigenvalue weighted by Crippen LogP contribution is -2.30. The highest BCUT2D eigenvalue weighted by Crippen LogP contribution is 2.23. The van der Waals surface area contributed by atoms with Crippen LogP contribution in [0.1, 0.15) is 32.6 Å².